The second-order valence-corrected chi connectivity index (χ2v) is 6.53. The predicted molar refractivity (Wildman–Crippen MR) is 103 cm³/mol. The molecule has 3 amide bonds. The first-order chi connectivity index (χ1) is 14.1. The summed E-state index contributed by atoms with van der Waals surface area (Å²) in [7, 11) is 0. The van der Waals surface area contributed by atoms with Gasteiger partial charge in [0, 0.05) is 12.8 Å². The van der Waals surface area contributed by atoms with Crippen molar-refractivity contribution in [3.63, 3.8) is 0 Å². The van der Waals surface area contributed by atoms with Crippen molar-refractivity contribution in [1.29, 1.82) is 0 Å². The molecule has 146 valence electrons. The summed E-state index contributed by atoms with van der Waals surface area (Å²) in [6.07, 6.45) is 0.315. The van der Waals surface area contributed by atoms with Crippen LogP contribution >= 0.6 is 0 Å². The number of para-hydroxylation sites is 1. The van der Waals surface area contributed by atoms with E-state index in [1.807, 2.05) is 6.07 Å². The van der Waals surface area contributed by atoms with Crippen molar-refractivity contribution < 1.29 is 23.9 Å². The summed E-state index contributed by atoms with van der Waals surface area (Å²) >= 11 is 0. The second kappa shape index (κ2) is 7.67. The number of anilines is 1. The first-order valence-corrected chi connectivity index (χ1v) is 9.14. The Morgan fingerprint density at radius 1 is 0.897 bits per heavy atom. The zero-order chi connectivity index (χ0) is 20.4. The van der Waals surface area contributed by atoms with Gasteiger partial charge < -0.3 is 4.74 Å². The number of amides is 3. The summed E-state index contributed by atoms with van der Waals surface area (Å²) in [5.41, 5.74) is 1.37. The highest BCUT2D eigenvalue weighted by molar-refractivity contribution is 6.38. The van der Waals surface area contributed by atoms with Crippen LogP contribution in [0.15, 0.2) is 59.7 Å². The lowest BCUT2D eigenvalue weighted by Gasteiger charge is -2.23. The van der Waals surface area contributed by atoms with Crippen LogP contribution in [0.25, 0.3) is 0 Å². The molecule has 0 aliphatic carbocycles. The topological polar surface area (TPSA) is 96.3 Å². The predicted octanol–water partition coefficient (Wildman–Crippen LogP) is 2.01. The maximum Gasteiger partial charge on any atom is 0.354 e. The van der Waals surface area contributed by atoms with Gasteiger partial charge in [0.1, 0.15) is 12.3 Å². The average molecular weight is 391 g/mol. The summed E-state index contributed by atoms with van der Waals surface area (Å²) in [6, 6.07) is 15.4. The lowest BCUT2D eigenvalue weighted by Crippen LogP contribution is -2.37. The highest BCUT2D eigenvalue weighted by atomic mass is 16.5. The third kappa shape index (κ3) is 3.52. The smallest absolute Gasteiger partial charge is 0.354 e. The van der Waals surface area contributed by atoms with Crippen LogP contribution in [0.3, 0.4) is 0 Å². The molecule has 0 fully saturated rings. The van der Waals surface area contributed by atoms with E-state index in [0.29, 0.717) is 16.8 Å². The van der Waals surface area contributed by atoms with Gasteiger partial charge in [-0.25, -0.2) is 9.80 Å². The molecule has 2 aliphatic heterocycles. The molecule has 0 unspecified atom stereocenters. The van der Waals surface area contributed by atoms with Gasteiger partial charge in [0.05, 0.1) is 23.4 Å². The second-order valence-electron chi connectivity index (χ2n) is 6.53. The van der Waals surface area contributed by atoms with Crippen molar-refractivity contribution in [3.8, 4) is 0 Å². The van der Waals surface area contributed by atoms with Gasteiger partial charge in [0.2, 0.25) is 5.91 Å². The van der Waals surface area contributed by atoms with E-state index in [2.05, 4.69) is 5.10 Å². The number of carbonyl (C=O) groups excluding carboxylic acids is 4. The number of ether oxygens (including phenoxy) is 1. The molecule has 0 saturated carbocycles. The van der Waals surface area contributed by atoms with Crippen LogP contribution in [0.4, 0.5) is 5.69 Å². The first-order valence-electron chi connectivity index (χ1n) is 9.14. The minimum atomic E-state index is -0.671. The third-order valence-electron chi connectivity index (χ3n) is 4.70. The highest BCUT2D eigenvalue weighted by Crippen LogP contribution is 2.22. The monoisotopic (exact) mass is 391 g/mol. The van der Waals surface area contributed by atoms with Crippen LogP contribution in [-0.4, -0.2) is 47.5 Å². The Hall–Kier alpha value is -3.81. The van der Waals surface area contributed by atoms with Gasteiger partial charge in [0.15, 0.2) is 0 Å². The molecule has 2 heterocycles. The molecule has 8 heteroatoms. The Balaban J connectivity index is 1.38. The Kier molecular flexibility index (Phi) is 4.90. The maximum atomic E-state index is 12.4. The quantitative estimate of drug-likeness (QED) is 0.574. The van der Waals surface area contributed by atoms with Crippen molar-refractivity contribution in [2.45, 2.75) is 12.8 Å². The summed E-state index contributed by atoms with van der Waals surface area (Å²) in [6.45, 7) is -0.199. The lowest BCUT2D eigenvalue weighted by atomic mass is 10.1. The molecule has 0 radical (unpaired) electrons. The molecule has 0 saturated heterocycles. The summed E-state index contributed by atoms with van der Waals surface area (Å²) < 4.78 is 5.20. The van der Waals surface area contributed by atoms with E-state index in [1.54, 1.807) is 48.5 Å². The van der Waals surface area contributed by atoms with E-state index < -0.39 is 17.8 Å². The molecule has 0 bridgehead atoms. The first kappa shape index (κ1) is 18.5. The Bertz CT molecular complexity index is 997. The molecule has 29 heavy (non-hydrogen) atoms. The number of fused-ring (bicyclic) bond motifs is 1. The van der Waals surface area contributed by atoms with Crippen molar-refractivity contribution in [2.75, 3.05) is 18.2 Å². The number of esters is 1. The van der Waals surface area contributed by atoms with Gasteiger partial charge in [-0.2, -0.15) is 5.10 Å². The molecule has 8 nitrogen and oxygen atoms in total. The van der Waals surface area contributed by atoms with Gasteiger partial charge in [-0.3, -0.25) is 19.3 Å². The van der Waals surface area contributed by atoms with Gasteiger partial charge >= 0.3 is 5.97 Å². The van der Waals surface area contributed by atoms with Crippen molar-refractivity contribution in [1.82, 2.24) is 4.90 Å². The normalized spacial score (nSPS) is 16.0. The summed E-state index contributed by atoms with van der Waals surface area (Å²) in [4.78, 5) is 50.2. The fourth-order valence-electron chi connectivity index (χ4n) is 3.23. The molecular formula is C21H17N3O5. The van der Waals surface area contributed by atoms with Gasteiger partial charge in [0.25, 0.3) is 11.8 Å². The minimum Gasteiger partial charge on any atom is -0.459 e. The standard InChI is InChI=1S/C21H17N3O5/c25-18-11-10-17(22-24(18)14-6-2-1-3-7-14)21(28)29-13-12-23-19(26)15-8-4-5-9-16(15)20(23)27/h1-9H,10-13H2. The number of imide groups is 1. The fraction of sp³-hybridized carbons (Fsp3) is 0.190. The van der Waals surface area contributed by atoms with E-state index in [0.717, 1.165) is 4.90 Å². The van der Waals surface area contributed by atoms with Gasteiger partial charge in [-0.05, 0) is 24.3 Å². The van der Waals surface area contributed by atoms with Crippen molar-refractivity contribution in [3.05, 3.63) is 65.7 Å². The van der Waals surface area contributed by atoms with Crippen LogP contribution in [-0.2, 0) is 14.3 Å². The number of hydrogen-bond acceptors (Lipinski definition) is 6. The fourth-order valence-corrected chi connectivity index (χ4v) is 3.23. The molecule has 2 aromatic rings. The maximum absolute atomic E-state index is 12.4. The number of hydrazone groups is 1. The summed E-state index contributed by atoms with van der Waals surface area (Å²) in [5, 5.41) is 5.31. The minimum absolute atomic E-state index is 0.0489. The number of benzene rings is 2. The summed E-state index contributed by atoms with van der Waals surface area (Å²) in [5.74, 6) is -1.69. The van der Waals surface area contributed by atoms with Crippen molar-refractivity contribution in [2.24, 2.45) is 5.10 Å². The molecule has 2 aromatic carbocycles. The molecule has 0 spiro atoms. The molecule has 0 N–H and O–H groups in total. The van der Waals surface area contributed by atoms with Crippen LogP contribution in [0.2, 0.25) is 0 Å². The van der Waals surface area contributed by atoms with E-state index in [-0.39, 0.29) is 37.6 Å². The zero-order valence-electron chi connectivity index (χ0n) is 15.4. The molecule has 0 aromatic heterocycles. The van der Waals surface area contributed by atoms with Gasteiger partial charge in [-0.15, -0.1) is 0 Å². The number of hydrogen-bond donors (Lipinski definition) is 0. The van der Waals surface area contributed by atoms with Crippen LogP contribution < -0.4 is 5.01 Å². The highest BCUT2D eigenvalue weighted by Gasteiger charge is 2.35. The largest absolute Gasteiger partial charge is 0.459 e. The van der Waals surface area contributed by atoms with E-state index in [1.165, 1.54) is 5.01 Å². The molecule has 0 atom stereocenters. The lowest BCUT2D eigenvalue weighted by molar-refractivity contribution is -0.136. The molecule has 4 rings (SSSR count). The number of nitrogens with zero attached hydrogens (tertiary/aromatic N) is 3. The average Bonchev–Trinajstić information content (AvgIpc) is 2.99. The third-order valence-corrected chi connectivity index (χ3v) is 4.70. The number of carbonyl (C=O) groups is 4. The van der Waals surface area contributed by atoms with Crippen LogP contribution in [0.1, 0.15) is 33.6 Å². The van der Waals surface area contributed by atoms with E-state index in [9.17, 15) is 19.2 Å². The number of rotatable bonds is 5. The van der Waals surface area contributed by atoms with Crippen LogP contribution in [0, 0.1) is 0 Å². The molecular weight excluding hydrogens is 374 g/mol. The van der Waals surface area contributed by atoms with Gasteiger partial charge in [-0.1, -0.05) is 30.3 Å². The molecule has 2 aliphatic rings. The van der Waals surface area contributed by atoms with E-state index in [4.69, 9.17) is 4.74 Å². The zero-order valence-corrected chi connectivity index (χ0v) is 15.4. The Labute approximate surface area is 166 Å². The SMILES string of the molecule is O=C(OCCN1C(=O)c2ccccc2C1=O)C1=NN(c2ccccc2)C(=O)CC1. The van der Waals surface area contributed by atoms with Crippen LogP contribution in [0.5, 0.6) is 0 Å². The van der Waals surface area contributed by atoms with E-state index >= 15 is 0 Å². The Morgan fingerprint density at radius 2 is 1.52 bits per heavy atom. The van der Waals surface area contributed by atoms with Crippen molar-refractivity contribution >= 4 is 35.1 Å². The Morgan fingerprint density at radius 3 is 2.17 bits per heavy atom.